The topological polar surface area (TPSA) is 540 Å². The van der Waals surface area contributed by atoms with Crippen LogP contribution in [-0.2, 0) is 47.8 Å². The number of aliphatic hydroxyl groups is 9. The van der Waals surface area contributed by atoms with E-state index in [0.717, 1.165) is 6.08 Å². The molecule has 8 unspecified atom stereocenters. The number of hydrogen-bond acceptors (Lipinski definition) is 26. The van der Waals surface area contributed by atoms with Gasteiger partial charge >= 0.3 is 5.97 Å². The molecule has 3 fully saturated rings. The summed E-state index contributed by atoms with van der Waals surface area (Å²) in [5, 5.41) is 130. The van der Waals surface area contributed by atoms with Crippen molar-refractivity contribution in [2.24, 2.45) is 34.0 Å². The van der Waals surface area contributed by atoms with Gasteiger partial charge < -0.3 is 129 Å². The van der Waals surface area contributed by atoms with Crippen molar-refractivity contribution in [2.45, 2.75) is 206 Å². The number of hydrogen-bond donors (Lipinski definition) is 19. The SMILES string of the molecule is CN[C@H](CC(C)C)C(=O)N[C@H]1C(=O)N[C@@H](CC(N)=O)C(=O)N[C@H]2C(N)=NC3C(=O)N[C@H](C(=O)N[C@H](C(=O)O)C4=CC(O)CC5=C4C4CC3=CC=C4C5(O)O)[C@H](O)C3=CC=C(Oc4cc2cc(c4O[C@H]2OC(CO)C(O)[C@H](O)C2O[C@H]2CC(C)(N)[C@H](O)[C@H](C)O2)OC2=C(Cl)C=C(CC2)[C@H]1O)C(Cl)C3. The van der Waals surface area contributed by atoms with Crippen LogP contribution in [0.5, 0.6) is 17.2 Å². The predicted molar refractivity (Wildman–Crippen MR) is 356 cm³/mol. The zero-order valence-corrected chi connectivity index (χ0v) is 57.3. The Bertz CT molecular complexity index is 3880. The Morgan fingerprint density at radius 2 is 1.57 bits per heavy atom. The molecule has 13 rings (SSSR count). The number of aliphatic hydroxyl groups excluding tert-OH is 7. The molecule has 6 amide bonds. The molecule has 12 aliphatic rings. The lowest BCUT2D eigenvalue weighted by Crippen LogP contribution is -2.64. The van der Waals surface area contributed by atoms with E-state index in [1.54, 1.807) is 0 Å². The smallest absolute Gasteiger partial charge is 0.330 e. The average Bonchev–Trinajstić information content (AvgIpc) is 1.55. The first-order valence-corrected chi connectivity index (χ1v) is 34.0. The number of likely N-dealkylation sites (N-methyl/N-ethyl adjacent to an activating group) is 1. The third-order valence-electron chi connectivity index (χ3n) is 19.9. The molecule has 21 atom stereocenters. The minimum atomic E-state index is -2.83. The molecule has 22 N–H and O–H groups in total. The highest BCUT2D eigenvalue weighted by atomic mass is 35.5. The van der Waals surface area contributed by atoms with E-state index < -0.39 is 223 Å². The van der Waals surface area contributed by atoms with Gasteiger partial charge in [-0.15, -0.1) is 11.6 Å². The number of halogens is 2. The molecule has 3 saturated heterocycles. The fourth-order valence-corrected chi connectivity index (χ4v) is 15.1. The number of allylic oxidation sites excluding steroid dienone is 8. The van der Waals surface area contributed by atoms with Crippen molar-refractivity contribution in [1.29, 1.82) is 0 Å². The summed E-state index contributed by atoms with van der Waals surface area (Å²) in [6.07, 6.45) is -13.4. The Morgan fingerprint density at radius 3 is 2.22 bits per heavy atom. The second kappa shape index (κ2) is 29.8. The van der Waals surface area contributed by atoms with E-state index in [0.29, 0.717) is 0 Å². The van der Waals surface area contributed by atoms with Crippen LogP contribution in [0.3, 0.4) is 0 Å². The van der Waals surface area contributed by atoms with Crippen molar-refractivity contribution < 1.29 is 113 Å². The Labute approximate surface area is 593 Å². The van der Waals surface area contributed by atoms with Gasteiger partial charge in [0.2, 0.25) is 53.3 Å². The first kappa shape index (κ1) is 75.5. The highest BCUT2D eigenvalue weighted by Gasteiger charge is 2.55. The average molecular weight is 1470 g/mol. The second-order valence-corrected chi connectivity index (χ2v) is 28.6. The molecule has 1 aromatic rings. The molecule has 33 nitrogen and oxygen atoms in total. The van der Waals surface area contributed by atoms with Gasteiger partial charge in [0, 0.05) is 36.3 Å². The van der Waals surface area contributed by atoms with E-state index in [1.807, 2.05) is 13.8 Å². The number of alkyl halides is 1. The number of ether oxygens (including phenoxy) is 6. The number of nitrogens with two attached hydrogens (primary N) is 3. The number of primary amides is 1. The maximum Gasteiger partial charge on any atom is 0.330 e. The third-order valence-corrected chi connectivity index (χ3v) is 20.5. The molecule has 554 valence electrons. The number of fused-ring (bicyclic) bond motifs is 11. The number of rotatable bonds is 13. The first-order valence-electron chi connectivity index (χ1n) is 33.2. The highest BCUT2D eigenvalue weighted by Crippen LogP contribution is 2.55. The van der Waals surface area contributed by atoms with Crippen LogP contribution in [0.1, 0.15) is 90.7 Å². The van der Waals surface area contributed by atoms with Crippen molar-refractivity contribution in [3.05, 3.63) is 110 Å². The number of amidine groups is 1. The lowest BCUT2D eigenvalue weighted by Gasteiger charge is -2.47. The monoisotopic (exact) mass is 1470 g/mol. The summed E-state index contributed by atoms with van der Waals surface area (Å²) in [5.41, 5.74) is 17.3. The van der Waals surface area contributed by atoms with Gasteiger partial charge in [-0.1, -0.05) is 43.7 Å². The highest BCUT2D eigenvalue weighted by molar-refractivity contribution is 6.31. The molecule has 0 saturated carbocycles. The van der Waals surface area contributed by atoms with Crippen LogP contribution in [-0.4, -0.2) is 232 Å². The van der Waals surface area contributed by atoms with Gasteiger partial charge in [0.1, 0.15) is 72.0 Å². The van der Waals surface area contributed by atoms with Gasteiger partial charge in [-0.3, -0.25) is 33.8 Å². The van der Waals surface area contributed by atoms with Gasteiger partial charge in [0.05, 0.1) is 47.8 Å². The largest absolute Gasteiger partial charge is 0.479 e. The van der Waals surface area contributed by atoms with Gasteiger partial charge in [-0.25, -0.2) is 4.79 Å². The van der Waals surface area contributed by atoms with E-state index in [9.17, 15) is 75.0 Å². The van der Waals surface area contributed by atoms with Gasteiger partial charge in [-0.2, -0.15) is 0 Å². The van der Waals surface area contributed by atoms with E-state index in [1.165, 1.54) is 63.4 Å². The number of carboxylic acids is 1. The number of amides is 6. The fourth-order valence-electron chi connectivity index (χ4n) is 14.5. The lowest BCUT2D eigenvalue weighted by molar-refractivity contribution is -0.333. The van der Waals surface area contributed by atoms with Crippen molar-refractivity contribution in [3.63, 3.8) is 0 Å². The number of nitrogens with one attached hydrogen (secondary N) is 6. The van der Waals surface area contributed by atoms with Crippen molar-refractivity contribution >= 4 is 70.4 Å². The normalized spacial score (nSPS) is 35.8. The summed E-state index contributed by atoms with van der Waals surface area (Å²) >= 11 is 14.4. The molecule has 7 heterocycles. The van der Waals surface area contributed by atoms with Crippen molar-refractivity contribution in [1.82, 2.24) is 31.9 Å². The Morgan fingerprint density at radius 1 is 0.863 bits per heavy atom. The van der Waals surface area contributed by atoms with Crippen LogP contribution in [0.2, 0.25) is 0 Å². The first-order chi connectivity index (χ1) is 48.1. The number of aliphatic carboxylic acids is 1. The van der Waals surface area contributed by atoms with E-state index >= 15 is 9.59 Å². The summed E-state index contributed by atoms with van der Waals surface area (Å²) in [7, 11) is 1.51. The standard InChI is InChI=1S/C67H84Cl2N10O23/c1-23(2)12-36(73-5)59(88)78-49-51(83)26-7-10-38(34(68)14-26)98-40-16-28-17-41(55(40)102-65-56(54(86)53(85)42(22-80)100-65)101-44-21-66(4,72)57(87)24(3)97-44)99-39-11-8-27(15-35(39)69)52(84)50-63(92)77-48(64(93)94)31-18-29(81)19-33-45(31)30-13-25(6-9-32(30)67(33,95)96)47(61(90)79-50)75-58(71)46(28)76-60(89)37(20-43(70)82)74-62(49)91/h6,8-9,11,14,16-18,23-24,29-30,35-37,42,44,46-54,56-57,65,73,80-81,83-87,95-96H,7,10,12-13,15,19-22,72H2,1-5H3,(H2,70,82)(H2,71,75)(H,74,91)(H,76,89)(H,77,92)(H,78,88)(H,79,90)(H,93,94)/t24-,29?,30?,35?,36+,37-,42?,44-,46+,47?,48-,49+,50-,51+,52+,53?,54-,56?,57+,65+,66?/m0/s1. The number of benzene rings is 1. The Balaban J connectivity index is 1.16. The van der Waals surface area contributed by atoms with Crippen molar-refractivity contribution in [2.75, 3.05) is 13.7 Å². The van der Waals surface area contributed by atoms with E-state index in [-0.39, 0.29) is 99.1 Å². The van der Waals surface area contributed by atoms with Gasteiger partial charge in [0.25, 0.3) is 0 Å². The molecule has 7 aliphatic heterocycles. The summed E-state index contributed by atoms with van der Waals surface area (Å²) in [6.45, 7) is 5.81. The van der Waals surface area contributed by atoms with Gasteiger partial charge in [0.15, 0.2) is 36.0 Å². The number of aliphatic imine (C=N–C) groups is 1. The second-order valence-electron chi connectivity index (χ2n) is 27.7. The maximum atomic E-state index is 15.6. The lowest BCUT2D eigenvalue weighted by atomic mass is 9.77. The predicted octanol–water partition coefficient (Wildman–Crippen LogP) is -3.41. The number of carbonyl (C=O) groups is 7. The Hall–Kier alpha value is -7.68. The molecule has 11 bridgehead atoms. The molecular formula is C67H84Cl2N10O23. The molecule has 35 heteroatoms. The fraction of sp³-hybridized carbons (Fsp3) is 0.552. The maximum absolute atomic E-state index is 15.6. The van der Waals surface area contributed by atoms with E-state index in [2.05, 4.69) is 31.9 Å². The Kier molecular flexibility index (Phi) is 22.1. The molecule has 102 heavy (non-hydrogen) atoms. The summed E-state index contributed by atoms with van der Waals surface area (Å²) in [4.78, 5) is 106. The van der Waals surface area contributed by atoms with E-state index in [4.69, 9.17) is 73.8 Å². The number of nitrogens with zero attached hydrogens (tertiary/aromatic N) is 1. The van der Waals surface area contributed by atoms with Crippen LogP contribution in [0.4, 0.5) is 0 Å². The number of carbonyl (C=O) groups excluding carboxylic acids is 6. The van der Waals surface area contributed by atoms with Crippen LogP contribution in [0, 0.1) is 11.8 Å². The zero-order chi connectivity index (χ0) is 74.0. The zero-order valence-electron chi connectivity index (χ0n) is 55.8. The number of carboxylic acid groups (broad SMARTS) is 1. The van der Waals surface area contributed by atoms with Gasteiger partial charge in [-0.05, 0) is 122 Å². The van der Waals surface area contributed by atoms with Crippen LogP contribution in [0.15, 0.2) is 109 Å². The summed E-state index contributed by atoms with van der Waals surface area (Å²) in [6, 6.07) is -10.7. The van der Waals surface area contributed by atoms with Crippen LogP contribution >= 0.6 is 23.2 Å². The summed E-state index contributed by atoms with van der Waals surface area (Å²) < 4.78 is 38.9. The summed E-state index contributed by atoms with van der Waals surface area (Å²) in [5.74, 6) is -15.2. The molecule has 0 aromatic heterocycles. The molecule has 0 spiro atoms. The van der Waals surface area contributed by atoms with Crippen LogP contribution in [0.25, 0.3) is 0 Å². The van der Waals surface area contributed by atoms with Crippen molar-refractivity contribution in [3.8, 4) is 17.2 Å². The quantitative estimate of drug-likeness (QED) is 0.0676. The molecule has 1 aromatic carbocycles. The molecule has 0 radical (unpaired) electrons. The third kappa shape index (κ3) is 15.0. The minimum absolute atomic E-state index is 0.0193. The molecule has 5 aliphatic carbocycles. The van der Waals surface area contributed by atoms with Crippen LogP contribution < -0.4 is 63.3 Å². The minimum Gasteiger partial charge on any atom is -0.479 e. The molecular weight excluding hydrogens is 1380 g/mol.